The Hall–Kier alpha value is -0.880. The first-order chi connectivity index (χ1) is 9.19. The average molecular weight is 314 g/mol. The lowest BCUT2D eigenvalue weighted by molar-refractivity contribution is 0.0953. The SMILES string of the molecule is C[C@H](CNC(=O)c1ccnc(SC(C)(C)C)c1)[S@@](C)=O. The van der Waals surface area contributed by atoms with Gasteiger partial charge in [-0.05, 0) is 19.1 Å². The molecule has 0 unspecified atom stereocenters. The van der Waals surface area contributed by atoms with E-state index in [9.17, 15) is 9.00 Å². The van der Waals surface area contributed by atoms with Crippen LogP contribution < -0.4 is 5.32 Å². The van der Waals surface area contributed by atoms with E-state index in [2.05, 4.69) is 31.1 Å². The molecule has 112 valence electrons. The van der Waals surface area contributed by atoms with E-state index < -0.39 is 10.8 Å². The van der Waals surface area contributed by atoms with E-state index in [1.165, 1.54) is 0 Å². The number of thioether (sulfide) groups is 1. The fourth-order valence-electron chi connectivity index (χ4n) is 1.38. The maximum atomic E-state index is 12.0. The lowest BCUT2D eigenvalue weighted by Crippen LogP contribution is -2.32. The molecule has 1 N–H and O–H groups in total. The summed E-state index contributed by atoms with van der Waals surface area (Å²) < 4.78 is 11.3. The van der Waals surface area contributed by atoms with Crippen LogP contribution in [0.15, 0.2) is 23.4 Å². The first kappa shape index (κ1) is 17.2. The molecular weight excluding hydrogens is 292 g/mol. The van der Waals surface area contributed by atoms with Crippen LogP contribution in [0.2, 0.25) is 0 Å². The van der Waals surface area contributed by atoms with Crippen molar-refractivity contribution >= 4 is 28.5 Å². The van der Waals surface area contributed by atoms with Gasteiger partial charge in [-0.2, -0.15) is 0 Å². The number of hydrogen-bond acceptors (Lipinski definition) is 4. The van der Waals surface area contributed by atoms with Gasteiger partial charge in [-0.3, -0.25) is 9.00 Å². The van der Waals surface area contributed by atoms with Crippen LogP contribution >= 0.6 is 11.8 Å². The minimum Gasteiger partial charge on any atom is -0.351 e. The normalized spacial score (nSPS) is 14.7. The zero-order chi connectivity index (χ0) is 15.3. The van der Waals surface area contributed by atoms with Crippen LogP contribution in [-0.4, -0.2) is 37.9 Å². The van der Waals surface area contributed by atoms with Gasteiger partial charge in [0.05, 0.1) is 5.03 Å². The maximum Gasteiger partial charge on any atom is 0.251 e. The number of nitrogens with zero attached hydrogens (tertiary/aromatic N) is 1. The molecule has 0 aliphatic rings. The number of rotatable bonds is 5. The van der Waals surface area contributed by atoms with Gasteiger partial charge < -0.3 is 5.32 Å². The number of carbonyl (C=O) groups is 1. The summed E-state index contributed by atoms with van der Waals surface area (Å²) in [5, 5.41) is 3.58. The van der Waals surface area contributed by atoms with Crippen molar-refractivity contribution < 1.29 is 9.00 Å². The summed E-state index contributed by atoms with van der Waals surface area (Å²) in [4.78, 5) is 16.3. The second-order valence-electron chi connectivity index (χ2n) is 5.62. The van der Waals surface area contributed by atoms with Gasteiger partial charge in [0.2, 0.25) is 0 Å². The van der Waals surface area contributed by atoms with Crippen LogP contribution in [0.1, 0.15) is 38.1 Å². The van der Waals surface area contributed by atoms with E-state index in [-0.39, 0.29) is 15.9 Å². The summed E-state index contributed by atoms with van der Waals surface area (Å²) in [5.41, 5.74) is 0.584. The molecule has 0 saturated carbocycles. The Morgan fingerprint density at radius 1 is 1.50 bits per heavy atom. The second kappa shape index (κ2) is 7.22. The molecule has 1 aromatic rings. The predicted molar refractivity (Wildman–Crippen MR) is 85.7 cm³/mol. The van der Waals surface area contributed by atoms with Gasteiger partial charge in [0.15, 0.2) is 0 Å². The van der Waals surface area contributed by atoms with Gasteiger partial charge in [-0.15, -0.1) is 11.8 Å². The van der Waals surface area contributed by atoms with Crippen LogP contribution in [0.4, 0.5) is 0 Å². The quantitative estimate of drug-likeness (QED) is 0.848. The molecule has 0 aliphatic heterocycles. The van der Waals surface area contributed by atoms with Crippen molar-refractivity contribution in [2.24, 2.45) is 0 Å². The molecule has 4 nitrogen and oxygen atoms in total. The number of pyridine rings is 1. The summed E-state index contributed by atoms with van der Waals surface area (Å²) in [7, 11) is -0.932. The largest absolute Gasteiger partial charge is 0.351 e. The van der Waals surface area contributed by atoms with Gasteiger partial charge in [-0.25, -0.2) is 4.98 Å². The number of aromatic nitrogens is 1. The van der Waals surface area contributed by atoms with Crippen molar-refractivity contribution in [3.63, 3.8) is 0 Å². The minimum absolute atomic E-state index is 0.0513. The molecule has 0 aromatic carbocycles. The maximum absolute atomic E-state index is 12.0. The Morgan fingerprint density at radius 2 is 2.15 bits per heavy atom. The van der Waals surface area contributed by atoms with Crippen molar-refractivity contribution in [1.29, 1.82) is 0 Å². The fraction of sp³-hybridized carbons (Fsp3) is 0.571. The summed E-state index contributed by atoms with van der Waals surface area (Å²) >= 11 is 1.62. The molecule has 0 bridgehead atoms. The van der Waals surface area contributed by atoms with E-state index >= 15 is 0 Å². The lowest BCUT2D eigenvalue weighted by Gasteiger charge is -2.17. The van der Waals surface area contributed by atoms with Gasteiger partial charge in [0.25, 0.3) is 5.91 Å². The van der Waals surface area contributed by atoms with Crippen LogP contribution in [0.25, 0.3) is 0 Å². The molecule has 0 saturated heterocycles. The molecule has 1 amide bonds. The summed E-state index contributed by atoms with van der Waals surface area (Å²) in [6, 6.07) is 3.48. The first-order valence-corrected chi connectivity index (χ1v) is 8.88. The van der Waals surface area contributed by atoms with Crippen molar-refractivity contribution in [2.75, 3.05) is 12.8 Å². The highest BCUT2D eigenvalue weighted by molar-refractivity contribution is 8.00. The summed E-state index contributed by atoms with van der Waals surface area (Å²) in [6.45, 7) is 8.56. The number of amides is 1. The summed E-state index contributed by atoms with van der Waals surface area (Å²) in [5.74, 6) is -0.152. The van der Waals surface area contributed by atoms with Crippen molar-refractivity contribution in [3.8, 4) is 0 Å². The van der Waals surface area contributed by atoms with Gasteiger partial charge in [0.1, 0.15) is 0 Å². The van der Waals surface area contributed by atoms with E-state index in [1.54, 1.807) is 36.3 Å². The smallest absolute Gasteiger partial charge is 0.251 e. The van der Waals surface area contributed by atoms with Crippen LogP contribution in [0.3, 0.4) is 0 Å². The third-order valence-electron chi connectivity index (χ3n) is 2.52. The standard InChI is InChI=1S/C14H22N2O2S2/c1-10(20(5)18)9-16-13(17)11-6-7-15-12(8-11)19-14(2,3)4/h6-8,10H,9H2,1-5H3,(H,16,17)/t10-,20-/m1/s1. The molecule has 20 heavy (non-hydrogen) atoms. The Morgan fingerprint density at radius 3 is 2.70 bits per heavy atom. The minimum atomic E-state index is -0.932. The van der Waals surface area contributed by atoms with Crippen LogP contribution in [0.5, 0.6) is 0 Å². The molecule has 0 aliphatic carbocycles. The number of hydrogen-bond donors (Lipinski definition) is 1. The van der Waals surface area contributed by atoms with Gasteiger partial charge in [-0.1, -0.05) is 20.8 Å². The zero-order valence-corrected chi connectivity index (χ0v) is 14.2. The topological polar surface area (TPSA) is 59.1 Å². The highest BCUT2D eigenvalue weighted by Gasteiger charge is 2.15. The molecule has 0 fully saturated rings. The van der Waals surface area contributed by atoms with E-state index in [0.717, 1.165) is 5.03 Å². The van der Waals surface area contributed by atoms with Crippen molar-refractivity contribution in [3.05, 3.63) is 23.9 Å². The molecule has 0 radical (unpaired) electrons. The van der Waals surface area contributed by atoms with Crippen LogP contribution in [0, 0.1) is 0 Å². The van der Waals surface area contributed by atoms with Crippen molar-refractivity contribution in [2.45, 2.75) is 42.7 Å². The monoisotopic (exact) mass is 314 g/mol. The molecular formula is C14H22N2O2S2. The van der Waals surface area contributed by atoms with E-state index in [1.807, 2.05) is 6.92 Å². The Labute approximate surface area is 127 Å². The van der Waals surface area contributed by atoms with E-state index in [4.69, 9.17) is 0 Å². The highest BCUT2D eigenvalue weighted by atomic mass is 32.2. The second-order valence-corrected chi connectivity index (χ2v) is 9.27. The lowest BCUT2D eigenvalue weighted by atomic mass is 10.2. The molecule has 1 heterocycles. The van der Waals surface area contributed by atoms with Crippen molar-refractivity contribution in [1.82, 2.24) is 10.3 Å². The van der Waals surface area contributed by atoms with E-state index in [0.29, 0.717) is 12.1 Å². The molecule has 2 atom stereocenters. The zero-order valence-electron chi connectivity index (χ0n) is 12.6. The van der Waals surface area contributed by atoms with Crippen LogP contribution in [-0.2, 0) is 10.8 Å². The fourth-order valence-corrected chi connectivity index (χ4v) is 2.62. The van der Waals surface area contributed by atoms with Gasteiger partial charge in [0, 0.05) is 45.4 Å². The summed E-state index contributed by atoms with van der Waals surface area (Å²) in [6.07, 6.45) is 3.28. The predicted octanol–water partition coefficient (Wildman–Crippen LogP) is 2.47. The molecule has 1 rings (SSSR count). The number of carbonyl (C=O) groups excluding carboxylic acids is 1. The number of nitrogens with one attached hydrogen (secondary N) is 1. The first-order valence-electron chi connectivity index (χ1n) is 6.44. The third-order valence-corrected chi connectivity index (χ3v) is 4.87. The molecule has 0 spiro atoms. The third kappa shape index (κ3) is 6.05. The molecule has 1 aromatic heterocycles. The van der Waals surface area contributed by atoms with Gasteiger partial charge >= 0.3 is 0 Å². The Balaban J connectivity index is 2.69. The Kier molecular flexibility index (Phi) is 6.20. The average Bonchev–Trinajstić information content (AvgIpc) is 2.33. The Bertz CT molecular complexity index is 498. The highest BCUT2D eigenvalue weighted by Crippen LogP contribution is 2.30. The molecule has 6 heteroatoms.